The molecule has 1 atom stereocenters. The van der Waals surface area contributed by atoms with Crippen LogP contribution in [0.2, 0.25) is 4.47 Å². The summed E-state index contributed by atoms with van der Waals surface area (Å²) in [6.07, 6.45) is 3.01. The number of halogens is 1. The quantitative estimate of drug-likeness (QED) is 0.454. The van der Waals surface area contributed by atoms with Gasteiger partial charge in [-0.15, -0.1) is 0 Å². The SMILES string of the molecule is CS(=O)(=O)C(c1cc(N2CCOCC2)nc(-c2ccc3[nH]ccc3c2)n1)c1nsc(Cl)n1. The first-order valence-electron chi connectivity index (χ1n) is 9.86. The maximum absolute atomic E-state index is 12.8. The number of sulfone groups is 1. The van der Waals surface area contributed by atoms with Gasteiger partial charge in [0, 0.05) is 48.1 Å². The lowest BCUT2D eigenvalue weighted by molar-refractivity contribution is 0.122. The number of morpholine rings is 1. The third-order valence-electron chi connectivity index (χ3n) is 5.23. The highest BCUT2D eigenvalue weighted by Gasteiger charge is 2.32. The van der Waals surface area contributed by atoms with Gasteiger partial charge in [0.1, 0.15) is 5.82 Å². The van der Waals surface area contributed by atoms with Crippen LogP contribution in [0, 0.1) is 0 Å². The number of hydrogen-bond acceptors (Lipinski definition) is 9. The predicted octanol–water partition coefficient (Wildman–Crippen LogP) is 3.10. The second-order valence-electron chi connectivity index (χ2n) is 7.47. The molecule has 1 N–H and O–H groups in total. The zero-order valence-corrected chi connectivity index (χ0v) is 19.4. The number of anilines is 1. The summed E-state index contributed by atoms with van der Waals surface area (Å²) in [5.74, 6) is 1.18. The number of aromatic amines is 1. The molecular formula is C20H19ClN6O3S2. The van der Waals surface area contributed by atoms with Crippen LogP contribution < -0.4 is 4.90 Å². The van der Waals surface area contributed by atoms with Gasteiger partial charge in [-0.2, -0.15) is 4.37 Å². The minimum absolute atomic E-state index is 0.112. The number of ether oxygens (including phenoxy) is 1. The Balaban J connectivity index is 1.69. The molecular weight excluding hydrogens is 472 g/mol. The van der Waals surface area contributed by atoms with Crippen LogP contribution in [0.1, 0.15) is 16.8 Å². The van der Waals surface area contributed by atoms with Gasteiger partial charge in [0.25, 0.3) is 0 Å². The maximum Gasteiger partial charge on any atom is 0.203 e. The molecule has 1 fully saturated rings. The van der Waals surface area contributed by atoms with E-state index in [4.69, 9.17) is 21.3 Å². The van der Waals surface area contributed by atoms with E-state index in [1.165, 1.54) is 0 Å². The lowest BCUT2D eigenvalue weighted by atomic mass is 10.1. The van der Waals surface area contributed by atoms with Crippen molar-refractivity contribution in [1.29, 1.82) is 0 Å². The van der Waals surface area contributed by atoms with Gasteiger partial charge in [-0.05, 0) is 47.4 Å². The van der Waals surface area contributed by atoms with Gasteiger partial charge in [-0.3, -0.25) is 0 Å². The van der Waals surface area contributed by atoms with E-state index in [0.29, 0.717) is 43.6 Å². The van der Waals surface area contributed by atoms with Crippen molar-refractivity contribution in [3.63, 3.8) is 0 Å². The van der Waals surface area contributed by atoms with E-state index < -0.39 is 15.1 Å². The fourth-order valence-electron chi connectivity index (χ4n) is 3.73. The predicted molar refractivity (Wildman–Crippen MR) is 124 cm³/mol. The number of fused-ring (bicyclic) bond motifs is 1. The molecule has 5 rings (SSSR count). The molecule has 32 heavy (non-hydrogen) atoms. The molecule has 0 radical (unpaired) electrons. The van der Waals surface area contributed by atoms with Crippen molar-refractivity contribution in [3.8, 4) is 11.4 Å². The summed E-state index contributed by atoms with van der Waals surface area (Å²) in [5.41, 5.74) is 2.08. The Morgan fingerprint density at radius 2 is 1.97 bits per heavy atom. The molecule has 1 saturated heterocycles. The molecule has 3 aromatic heterocycles. The average Bonchev–Trinajstić information content (AvgIpc) is 3.41. The van der Waals surface area contributed by atoms with E-state index >= 15 is 0 Å². The van der Waals surface area contributed by atoms with Gasteiger partial charge in [-0.1, -0.05) is 0 Å². The normalized spacial score (nSPS) is 15.9. The number of H-pyrrole nitrogens is 1. The van der Waals surface area contributed by atoms with E-state index in [9.17, 15) is 8.42 Å². The largest absolute Gasteiger partial charge is 0.378 e. The van der Waals surface area contributed by atoms with Crippen molar-refractivity contribution < 1.29 is 13.2 Å². The zero-order valence-electron chi connectivity index (χ0n) is 17.0. The Hall–Kier alpha value is -2.60. The Labute approximate surface area is 193 Å². The molecule has 12 heteroatoms. The standard InChI is InChI=1S/C20H19ClN6O3S2/c1-32(28,29)17(19-25-20(21)31-26-19)15-11-16(27-6-8-30-9-7-27)24-18(23-15)13-2-3-14-12(10-13)4-5-22-14/h2-5,10-11,17,22H,6-9H2,1H3. The monoisotopic (exact) mass is 490 g/mol. The van der Waals surface area contributed by atoms with E-state index in [1.54, 1.807) is 6.07 Å². The summed E-state index contributed by atoms with van der Waals surface area (Å²) in [6.45, 7) is 2.44. The highest BCUT2D eigenvalue weighted by Crippen LogP contribution is 2.32. The molecule has 0 aliphatic carbocycles. The summed E-state index contributed by atoms with van der Waals surface area (Å²) in [5, 5.41) is -0.138. The van der Waals surface area contributed by atoms with Gasteiger partial charge in [0.15, 0.2) is 26.7 Å². The van der Waals surface area contributed by atoms with Gasteiger partial charge in [0.2, 0.25) is 4.47 Å². The molecule has 166 valence electrons. The Morgan fingerprint density at radius 3 is 2.69 bits per heavy atom. The van der Waals surface area contributed by atoms with Crippen molar-refractivity contribution in [3.05, 3.63) is 52.5 Å². The summed E-state index contributed by atoms with van der Waals surface area (Å²) in [7, 11) is -3.65. The molecule has 4 heterocycles. The molecule has 0 amide bonds. The van der Waals surface area contributed by atoms with Crippen LogP contribution in [0.5, 0.6) is 0 Å². The van der Waals surface area contributed by atoms with Crippen molar-refractivity contribution >= 4 is 49.7 Å². The number of aromatic nitrogens is 5. The van der Waals surface area contributed by atoms with E-state index in [1.807, 2.05) is 30.5 Å². The fraction of sp³-hybridized carbons (Fsp3) is 0.300. The average molecular weight is 491 g/mol. The Morgan fingerprint density at radius 1 is 1.16 bits per heavy atom. The van der Waals surface area contributed by atoms with Crippen LogP contribution in [0.4, 0.5) is 5.82 Å². The zero-order chi connectivity index (χ0) is 22.3. The summed E-state index contributed by atoms with van der Waals surface area (Å²) >= 11 is 6.90. The highest BCUT2D eigenvalue weighted by molar-refractivity contribution is 7.91. The fourth-order valence-corrected chi connectivity index (χ4v) is 5.48. The third kappa shape index (κ3) is 4.20. The number of hydrogen-bond donors (Lipinski definition) is 1. The molecule has 9 nitrogen and oxygen atoms in total. The summed E-state index contributed by atoms with van der Waals surface area (Å²) < 4.78 is 35.4. The van der Waals surface area contributed by atoms with Crippen molar-refractivity contribution in [1.82, 2.24) is 24.3 Å². The van der Waals surface area contributed by atoms with Crippen LogP contribution in [0.25, 0.3) is 22.3 Å². The van der Waals surface area contributed by atoms with Crippen molar-refractivity contribution in [2.45, 2.75) is 5.25 Å². The molecule has 0 saturated carbocycles. The first-order chi connectivity index (χ1) is 15.4. The van der Waals surface area contributed by atoms with Crippen LogP contribution in [0.3, 0.4) is 0 Å². The molecule has 0 spiro atoms. The molecule has 1 aliphatic heterocycles. The second-order valence-corrected chi connectivity index (χ2v) is 10.9. The first kappa shape index (κ1) is 21.3. The molecule has 4 aromatic rings. The maximum atomic E-state index is 12.8. The molecule has 1 aliphatic rings. The second kappa shape index (κ2) is 8.39. The Kier molecular flexibility index (Phi) is 5.58. The summed E-state index contributed by atoms with van der Waals surface area (Å²) in [6, 6.07) is 9.50. The van der Waals surface area contributed by atoms with E-state index in [0.717, 1.165) is 34.3 Å². The van der Waals surface area contributed by atoms with E-state index in [-0.39, 0.29) is 10.3 Å². The lowest BCUT2D eigenvalue weighted by Crippen LogP contribution is -2.37. The molecule has 0 bridgehead atoms. The van der Waals surface area contributed by atoms with Crippen LogP contribution in [-0.4, -0.2) is 65.3 Å². The number of benzene rings is 1. The molecule has 1 unspecified atom stereocenters. The van der Waals surface area contributed by atoms with Crippen LogP contribution >= 0.6 is 23.1 Å². The lowest BCUT2D eigenvalue weighted by Gasteiger charge is -2.28. The van der Waals surface area contributed by atoms with Gasteiger partial charge in [0.05, 0.1) is 18.9 Å². The Bertz CT molecular complexity index is 1380. The minimum Gasteiger partial charge on any atom is -0.378 e. The van der Waals surface area contributed by atoms with Gasteiger partial charge >= 0.3 is 0 Å². The minimum atomic E-state index is -3.65. The molecule has 1 aromatic carbocycles. The van der Waals surface area contributed by atoms with Crippen LogP contribution in [-0.2, 0) is 14.6 Å². The van der Waals surface area contributed by atoms with Crippen molar-refractivity contribution in [2.75, 3.05) is 37.5 Å². The third-order valence-corrected chi connectivity index (χ3v) is 7.35. The van der Waals surface area contributed by atoms with Crippen molar-refractivity contribution in [2.24, 2.45) is 0 Å². The van der Waals surface area contributed by atoms with Gasteiger partial charge in [-0.25, -0.2) is 23.4 Å². The van der Waals surface area contributed by atoms with E-state index in [2.05, 4.69) is 24.2 Å². The smallest absolute Gasteiger partial charge is 0.203 e. The first-order valence-corrected chi connectivity index (χ1v) is 13.0. The van der Waals surface area contributed by atoms with Gasteiger partial charge < -0.3 is 14.6 Å². The van der Waals surface area contributed by atoms with Crippen LogP contribution in [0.15, 0.2) is 36.5 Å². The topological polar surface area (TPSA) is 114 Å². The highest BCUT2D eigenvalue weighted by atomic mass is 35.5. The number of rotatable bonds is 5. The number of nitrogens with zero attached hydrogens (tertiary/aromatic N) is 5. The summed E-state index contributed by atoms with van der Waals surface area (Å²) in [4.78, 5) is 18.8. The number of nitrogens with one attached hydrogen (secondary N) is 1.